The average molecular weight is 915 g/mol. The smallest absolute Gasteiger partial charge is 0.323 e. The highest BCUT2D eigenvalue weighted by Gasteiger charge is 2.24. The van der Waals surface area contributed by atoms with Crippen LogP contribution in [0, 0.1) is 0 Å². The SMILES string of the molecule is CC.COCCn1c(C2CCCC2)nc2ccc(NC(=O)Nc3cccc(C(C)=O)c3)cc2c1=O.COc1ccccc1-n1cnc2ccc(NC(=O)Nc3cccc(C(C)=O)c3)cc2c1=O.[HH].[HH].[HH].[HH]. The number of anilines is 4. The highest BCUT2D eigenvalue weighted by molar-refractivity contribution is 6.03. The predicted molar refractivity (Wildman–Crippen MR) is 271 cm³/mol. The number of para-hydroxylation sites is 2. The summed E-state index contributed by atoms with van der Waals surface area (Å²) in [5.41, 5.74) is 4.17. The molecule has 8 rings (SSSR count). The number of rotatable bonds is 12. The first-order valence-electron chi connectivity index (χ1n) is 22.0. The Bertz CT molecular complexity index is 3070. The molecule has 1 aliphatic carbocycles. The molecule has 0 radical (unpaired) electrons. The van der Waals surface area contributed by atoms with Gasteiger partial charge in [0.25, 0.3) is 11.1 Å². The Hall–Kier alpha value is -7.98. The van der Waals surface area contributed by atoms with E-state index in [9.17, 15) is 28.8 Å². The fraction of sp³-hybridized carbons (Fsp3) is 0.255. The van der Waals surface area contributed by atoms with Gasteiger partial charge in [0.15, 0.2) is 11.6 Å². The van der Waals surface area contributed by atoms with Crippen LogP contribution in [0.1, 0.15) is 91.5 Å². The monoisotopic (exact) mass is 914 g/mol. The van der Waals surface area contributed by atoms with Crippen molar-refractivity contribution in [3.05, 3.63) is 153 Å². The Balaban J connectivity index is 0.000000446. The van der Waals surface area contributed by atoms with Crippen LogP contribution in [0.25, 0.3) is 27.5 Å². The van der Waals surface area contributed by atoms with E-state index in [-0.39, 0.29) is 34.3 Å². The number of carbonyl (C=O) groups is 4. The first-order chi connectivity index (χ1) is 32.4. The Morgan fingerprint density at radius 3 is 1.72 bits per heavy atom. The van der Waals surface area contributed by atoms with Gasteiger partial charge >= 0.3 is 12.1 Å². The third kappa shape index (κ3) is 12.0. The van der Waals surface area contributed by atoms with Crippen LogP contribution >= 0.6 is 0 Å². The number of nitrogens with zero attached hydrogens (tertiary/aromatic N) is 4. The molecule has 16 nitrogen and oxygen atoms in total. The molecule has 2 aromatic heterocycles. The highest BCUT2D eigenvalue weighted by atomic mass is 16.5. The molecule has 7 aromatic rings. The number of nitrogens with one attached hydrogen (secondary N) is 4. The number of methoxy groups -OCH3 is 2. The zero-order valence-electron chi connectivity index (χ0n) is 38.3. The van der Waals surface area contributed by atoms with Gasteiger partial charge in [-0.25, -0.2) is 19.6 Å². The molecule has 354 valence electrons. The normalized spacial score (nSPS) is 12.0. The van der Waals surface area contributed by atoms with Crippen LogP contribution in [-0.4, -0.2) is 63.6 Å². The van der Waals surface area contributed by atoms with Crippen LogP contribution in [0.2, 0.25) is 0 Å². The second-order valence-electron chi connectivity index (χ2n) is 15.4. The van der Waals surface area contributed by atoms with Gasteiger partial charge in [-0.3, -0.25) is 28.3 Å². The fourth-order valence-electron chi connectivity index (χ4n) is 7.63. The number of ether oxygens (including phenoxy) is 2. The third-order valence-electron chi connectivity index (χ3n) is 10.9. The van der Waals surface area contributed by atoms with E-state index < -0.39 is 12.1 Å². The molecule has 16 heteroatoms. The number of urea groups is 2. The summed E-state index contributed by atoms with van der Waals surface area (Å²) in [6.07, 6.45) is 5.82. The largest absolute Gasteiger partial charge is 0.495 e. The lowest BCUT2D eigenvalue weighted by atomic mass is 10.1. The molecule has 0 unspecified atom stereocenters. The minimum Gasteiger partial charge on any atom is -0.495 e. The minimum absolute atomic E-state index is 0. The summed E-state index contributed by atoms with van der Waals surface area (Å²) >= 11 is 0. The van der Waals surface area contributed by atoms with Crippen molar-refractivity contribution in [2.45, 2.75) is 65.8 Å². The summed E-state index contributed by atoms with van der Waals surface area (Å²) < 4.78 is 13.7. The van der Waals surface area contributed by atoms with Gasteiger partial charge in [-0.1, -0.05) is 63.1 Å². The topological polar surface area (TPSA) is 205 Å². The van der Waals surface area contributed by atoms with E-state index >= 15 is 0 Å². The summed E-state index contributed by atoms with van der Waals surface area (Å²) in [7, 11) is 3.15. The molecular formula is C51H62N8O8. The number of ketones is 2. The molecule has 0 bridgehead atoms. The summed E-state index contributed by atoms with van der Waals surface area (Å²) in [6, 6.07) is 29.6. The molecule has 5 aromatic carbocycles. The second-order valence-corrected chi connectivity index (χ2v) is 15.4. The molecule has 1 aliphatic rings. The summed E-state index contributed by atoms with van der Waals surface area (Å²) in [5.74, 6) is 1.47. The van der Waals surface area contributed by atoms with Gasteiger partial charge in [-0.05, 0) is 99.5 Å². The Morgan fingerprint density at radius 1 is 0.657 bits per heavy atom. The average Bonchev–Trinajstić information content (AvgIpc) is 3.88. The number of aromatic nitrogens is 4. The maximum absolute atomic E-state index is 13.3. The molecular weight excluding hydrogens is 853 g/mol. The van der Waals surface area contributed by atoms with Gasteiger partial charge in [0.05, 0.1) is 47.8 Å². The quantitative estimate of drug-likeness (QED) is 0.0854. The van der Waals surface area contributed by atoms with Gasteiger partial charge in [0.2, 0.25) is 0 Å². The zero-order valence-corrected chi connectivity index (χ0v) is 38.3. The molecule has 1 fully saturated rings. The molecule has 4 N–H and O–H groups in total. The Morgan fingerprint density at radius 2 is 1.18 bits per heavy atom. The van der Waals surface area contributed by atoms with E-state index in [1.165, 1.54) is 31.9 Å². The third-order valence-corrected chi connectivity index (χ3v) is 10.9. The molecule has 0 spiro atoms. The van der Waals surface area contributed by atoms with Crippen molar-refractivity contribution in [1.29, 1.82) is 0 Å². The lowest BCUT2D eigenvalue weighted by Crippen LogP contribution is -2.28. The maximum Gasteiger partial charge on any atom is 0.323 e. The van der Waals surface area contributed by atoms with Crippen LogP contribution in [-0.2, 0) is 11.3 Å². The maximum atomic E-state index is 13.3. The number of carbonyl (C=O) groups excluding carboxylic acids is 4. The van der Waals surface area contributed by atoms with Crippen molar-refractivity contribution in [2.24, 2.45) is 0 Å². The van der Waals surface area contributed by atoms with Gasteiger partial charge in [0.1, 0.15) is 17.9 Å². The number of hydrogen-bond acceptors (Lipinski definition) is 10. The first-order valence-corrected chi connectivity index (χ1v) is 22.0. The van der Waals surface area contributed by atoms with Crippen LogP contribution < -0.4 is 37.1 Å². The minimum atomic E-state index is -0.501. The highest BCUT2D eigenvalue weighted by Crippen LogP contribution is 2.33. The van der Waals surface area contributed by atoms with Gasteiger partial charge < -0.3 is 30.7 Å². The van der Waals surface area contributed by atoms with E-state index in [2.05, 4.69) is 26.3 Å². The number of Topliss-reactive ketones (excluding diaryl/α,β-unsaturated/α-hetero) is 2. The van der Waals surface area contributed by atoms with Crippen molar-refractivity contribution >= 4 is 68.2 Å². The molecule has 0 saturated heterocycles. The number of benzene rings is 5. The van der Waals surface area contributed by atoms with Crippen molar-refractivity contribution in [2.75, 3.05) is 42.1 Å². The van der Waals surface area contributed by atoms with E-state index in [1.54, 1.807) is 115 Å². The van der Waals surface area contributed by atoms with Crippen LogP contribution in [0.5, 0.6) is 5.75 Å². The molecule has 0 aliphatic heterocycles. The lowest BCUT2D eigenvalue weighted by Gasteiger charge is -2.18. The van der Waals surface area contributed by atoms with Crippen LogP contribution in [0.3, 0.4) is 0 Å². The molecule has 4 amide bonds. The molecule has 1 saturated carbocycles. The van der Waals surface area contributed by atoms with Crippen LogP contribution in [0.4, 0.5) is 32.3 Å². The molecule has 2 heterocycles. The lowest BCUT2D eigenvalue weighted by molar-refractivity contribution is 0.100. The fourth-order valence-corrected chi connectivity index (χ4v) is 7.63. The van der Waals surface area contributed by atoms with Crippen molar-refractivity contribution in [3.8, 4) is 11.4 Å². The predicted octanol–water partition coefficient (Wildman–Crippen LogP) is 10.8. The Kier molecular flexibility index (Phi) is 16.5. The van der Waals surface area contributed by atoms with Crippen LogP contribution in [0.15, 0.2) is 125 Å². The molecule has 0 atom stereocenters. The van der Waals surface area contributed by atoms with Gasteiger partial charge in [-0.2, -0.15) is 0 Å². The van der Waals surface area contributed by atoms with Crippen molar-refractivity contribution in [1.82, 2.24) is 19.1 Å². The Labute approximate surface area is 393 Å². The zero-order chi connectivity index (χ0) is 48.0. The summed E-state index contributed by atoms with van der Waals surface area (Å²) in [5, 5.41) is 11.6. The van der Waals surface area contributed by atoms with Gasteiger partial charge in [0, 0.05) is 52.6 Å². The van der Waals surface area contributed by atoms with Crippen molar-refractivity contribution < 1.29 is 34.4 Å². The summed E-state index contributed by atoms with van der Waals surface area (Å²) in [4.78, 5) is 83.7. The number of hydrogen-bond donors (Lipinski definition) is 4. The number of fused-ring (bicyclic) bond motifs is 2. The second kappa shape index (κ2) is 22.8. The summed E-state index contributed by atoms with van der Waals surface area (Å²) in [6.45, 7) is 7.79. The van der Waals surface area contributed by atoms with E-state index in [4.69, 9.17) is 14.5 Å². The number of amides is 4. The first kappa shape index (κ1) is 48.5. The standard InChI is InChI=1S/C25H28N4O4.C24H20N4O4.C2H6.4H2/c1-16(30)18-8-5-9-19(14-18)26-25(32)27-20-10-11-22-21(15-20)24(31)29(12-13-33-2)23(28-22)17-6-3-4-7-17;1-15(29)16-6-5-7-17(12-16)26-24(31)27-18-10-11-20-19(13-18)23(30)28(14-25-20)21-8-3-4-9-22(21)32-2;1-2;;;;/h5,8-11,14-15,17H,3-4,6-7,12-13H2,1-2H3,(H2,26,27,32);3-14H,1-2H3,(H2,26,27,31);1-2H3;4*1H. The van der Waals surface area contributed by atoms with Gasteiger partial charge in [-0.15, -0.1) is 0 Å². The molecule has 67 heavy (non-hydrogen) atoms. The van der Waals surface area contributed by atoms with Crippen molar-refractivity contribution in [3.63, 3.8) is 0 Å². The van der Waals surface area contributed by atoms with E-state index in [0.29, 0.717) is 80.3 Å². The van der Waals surface area contributed by atoms with E-state index in [0.717, 1.165) is 31.5 Å². The van der Waals surface area contributed by atoms with E-state index in [1.807, 2.05) is 19.9 Å².